The Kier molecular flexibility index (Phi) is 10.3. The number of hydrogen-bond donors (Lipinski definition) is 10. The van der Waals surface area contributed by atoms with E-state index in [9.17, 15) is 55.9 Å². The molecule has 0 amide bonds. The van der Waals surface area contributed by atoms with Gasteiger partial charge in [-0.05, 0) is 38.1 Å². The van der Waals surface area contributed by atoms with E-state index in [1.165, 1.54) is 44.2 Å². The zero-order valence-corrected chi connectivity index (χ0v) is 26.5. The van der Waals surface area contributed by atoms with Crippen LogP contribution in [0.1, 0.15) is 13.8 Å². The molecule has 274 valence electrons. The van der Waals surface area contributed by atoms with Crippen LogP contribution >= 0.6 is 0 Å². The maximum Gasteiger partial charge on any atom is 0.238 e. The van der Waals surface area contributed by atoms with Gasteiger partial charge < -0.3 is 83.9 Å². The van der Waals surface area contributed by atoms with E-state index < -0.39 is 103 Å². The predicted octanol–water partition coefficient (Wildman–Crippen LogP) is -2.25. The first-order valence-electron chi connectivity index (χ1n) is 15.6. The maximum atomic E-state index is 13.1. The molecule has 18 nitrogen and oxygen atoms in total. The predicted molar refractivity (Wildman–Crippen MR) is 164 cm³/mol. The SMILES string of the molecule is C[C@@H]1OC(Oc2cc(O)c3c(=O)c(O)c(-c4ccc(OC5O[C@@H](C)[C@H](O)[C@@H](O)[C@H]5OC5OC[C@@H](O)[C@H](O)[C@H]5O)cc4)oc3c2)[C@H](O)[C@H](O)[C@H]1O. The van der Waals surface area contributed by atoms with Crippen LogP contribution < -0.4 is 14.9 Å². The molecule has 4 heterocycles. The van der Waals surface area contributed by atoms with E-state index >= 15 is 0 Å². The lowest BCUT2D eigenvalue weighted by atomic mass is 9.99. The van der Waals surface area contributed by atoms with Crippen molar-refractivity contribution >= 4 is 11.0 Å². The van der Waals surface area contributed by atoms with Crippen LogP contribution in [-0.2, 0) is 18.9 Å². The molecule has 3 unspecified atom stereocenters. The highest BCUT2D eigenvalue weighted by Crippen LogP contribution is 2.37. The van der Waals surface area contributed by atoms with Gasteiger partial charge in [-0.2, -0.15) is 0 Å². The van der Waals surface area contributed by atoms with Crippen molar-refractivity contribution in [2.24, 2.45) is 0 Å². The highest BCUT2D eigenvalue weighted by Gasteiger charge is 2.49. The highest BCUT2D eigenvalue weighted by molar-refractivity contribution is 5.88. The quantitative estimate of drug-likeness (QED) is 0.124. The molecule has 0 saturated carbocycles. The topological polar surface area (TPSA) is 288 Å². The monoisotopic (exact) mass is 710 g/mol. The van der Waals surface area contributed by atoms with Gasteiger partial charge in [0.05, 0.1) is 18.8 Å². The van der Waals surface area contributed by atoms with Gasteiger partial charge >= 0.3 is 0 Å². The fourth-order valence-corrected chi connectivity index (χ4v) is 5.89. The molecule has 14 atom stereocenters. The number of benzene rings is 2. The summed E-state index contributed by atoms with van der Waals surface area (Å²) in [7, 11) is 0. The van der Waals surface area contributed by atoms with Crippen LogP contribution in [0.3, 0.4) is 0 Å². The van der Waals surface area contributed by atoms with Crippen LogP contribution in [0.25, 0.3) is 22.3 Å². The van der Waals surface area contributed by atoms with Gasteiger partial charge in [-0.3, -0.25) is 4.79 Å². The number of phenolic OH excluding ortho intramolecular Hbond substituents is 1. The maximum absolute atomic E-state index is 13.1. The van der Waals surface area contributed by atoms with Crippen LogP contribution in [0.5, 0.6) is 23.0 Å². The fourth-order valence-electron chi connectivity index (χ4n) is 5.89. The minimum atomic E-state index is -1.70. The molecule has 18 heteroatoms. The van der Waals surface area contributed by atoms with Gasteiger partial charge in [-0.25, -0.2) is 0 Å². The van der Waals surface area contributed by atoms with Crippen molar-refractivity contribution in [3.05, 3.63) is 46.6 Å². The van der Waals surface area contributed by atoms with Crippen molar-refractivity contribution in [1.29, 1.82) is 0 Å². The Hall–Kier alpha value is -3.63. The van der Waals surface area contributed by atoms with E-state index in [0.717, 1.165) is 6.07 Å². The molecule has 2 aromatic carbocycles. The summed E-state index contributed by atoms with van der Waals surface area (Å²) < 4.78 is 39.4. The van der Waals surface area contributed by atoms with E-state index in [4.69, 9.17) is 32.8 Å². The molecule has 10 N–H and O–H groups in total. The number of aliphatic hydroxyl groups excluding tert-OH is 8. The third-order valence-electron chi connectivity index (χ3n) is 8.88. The van der Waals surface area contributed by atoms with Crippen molar-refractivity contribution in [1.82, 2.24) is 0 Å². The van der Waals surface area contributed by atoms with E-state index in [1.807, 2.05) is 0 Å². The van der Waals surface area contributed by atoms with Gasteiger partial charge in [0.2, 0.25) is 23.8 Å². The average molecular weight is 711 g/mol. The molecule has 6 rings (SSSR count). The minimum Gasteiger partial charge on any atom is -0.507 e. The Balaban J connectivity index is 1.23. The fraction of sp³-hybridized carbons (Fsp3) is 0.531. The number of ether oxygens (including phenoxy) is 6. The molecule has 3 fully saturated rings. The Morgan fingerprint density at radius 2 is 1.28 bits per heavy atom. The Morgan fingerprint density at radius 1 is 0.680 bits per heavy atom. The van der Waals surface area contributed by atoms with E-state index in [1.54, 1.807) is 0 Å². The van der Waals surface area contributed by atoms with Crippen LogP contribution in [0.15, 0.2) is 45.6 Å². The van der Waals surface area contributed by atoms with Crippen molar-refractivity contribution in [2.75, 3.05) is 6.61 Å². The summed E-state index contributed by atoms with van der Waals surface area (Å²) in [6.07, 6.45) is -20.0. The molecule has 0 spiro atoms. The van der Waals surface area contributed by atoms with Crippen LogP contribution in [0.2, 0.25) is 0 Å². The second kappa shape index (κ2) is 14.2. The van der Waals surface area contributed by atoms with E-state index in [2.05, 4.69) is 0 Å². The van der Waals surface area contributed by atoms with E-state index in [-0.39, 0.29) is 40.4 Å². The first kappa shape index (κ1) is 36.2. The Labute approximate surface area is 282 Å². The molecule has 3 aliphatic rings. The molecule has 3 aliphatic heterocycles. The lowest BCUT2D eigenvalue weighted by Gasteiger charge is -2.44. The van der Waals surface area contributed by atoms with Crippen molar-refractivity contribution < 1.29 is 83.9 Å². The number of phenols is 1. The normalized spacial score (nSPS) is 37.8. The van der Waals surface area contributed by atoms with Crippen molar-refractivity contribution in [2.45, 2.75) is 99.9 Å². The molecule has 3 saturated heterocycles. The first-order valence-corrected chi connectivity index (χ1v) is 15.6. The molecule has 1 aromatic heterocycles. The molecule has 0 bridgehead atoms. The van der Waals surface area contributed by atoms with Gasteiger partial charge in [0.15, 0.2) is 18.2 Å². The highest BCUT2D eigenvalue weighted by atomic mass is 16.8. The average Bonchev–Trinajstić information content (AvgIpc) is 3.08. The zero-order valence-electron chi connectivity index (χ0n) is 26.5. The van der Waals surface area contributed by atoms with Crippen molar-refractivity contribution in [3.63, 3.8) is 0 Å². The Bertz CT molecular complexity index is 1710. The third-order valence-corrected chi connectivity index (χ3v) is 8.88. The second-order valence-corrected chi connectivity index (χ2v) is 12.4. The number of hydrogen-bond acceptors (Lipinski definition) is 18. The van der Waals surface area contributed by atoms with Gasteiger partial charge in [0, 0.05) is 17.7 Å². The molecular formula is C32H38O18. The van der Waals surface area contributed by atoms with Gasteiger partial charge in [-0.1, -0.05) is 0 Å². The smallest absolute Gasteiger partial charge is 0.238 e. The lowest BCUT2D eigenvalue weighted by molar-refractivity contribution is -0.341. The second-order valence-electron chi connectivity index (χ2n) is 12.4. The molecule has 0 radical (unpaired) electrons. The molecule has 3 aromatic rings. The number of rotatable bonds is 7. The summed E-state index contributed by atoms with van der Waals surface area (Å²) in [5.41, 5.74) is -1.03. The summed E-state index contributed by atoms with van der Waals surface area (Å²) >= 11 is 0. The van der Waals surface area contributed by atoms with Gasteiger partial charge in [-0.15, -0.1) is 0 Å². The molecular weight excluding hydrogens is 672 g/mol. The van der Waals surface area contributed by atoms with Crippen molar-refractivity contribution in [3.8, 4) is 34.3 Å². The number of fused-ring (bicyclic) bond motifs is 1. The number of aliphatic hydroxyl groups is 8. The lowest BCUT2D eigenvalue weighted by Crippen LogP contribution is -2.62. The minimum absolute atomic E-state index is 0.118. The van der Waals surface area contributed by atoms with Gasteiger partial charge in [0.25, 0.3) is 0 Å². The van der Waals surface area contributed by atoms with E-state index in [0.29, 0.717) is 0 Å². The first-order chi connectivity index (χ1) is 23.7. The third kappa shape index (κ3) is 6.73. The molecule has 0 aliphatic carbocycles. The summed E-state index contributed by atoms with van der Waals surface area (Å²) in [6.45, 7) is 2.56. The Morgan fingerprint density at radius 3 is 1.96 bits per heavy atom. The van der Waals surface area contributed by atoms with Crippen LogP contribution in [0, 0.1) is 0 Å². The molecule has 50 heavy (non-hydrogen) atoms. The standard InChI is InChI=1S/C32H38O18/c1-10-19(35)23(39)27(43)31(45-10)48-14-7-15(33)18-17(8-14)49-28(25(41)22(18)38)12-3-5-13(6-4-12)47-32-29(24(40)20(36)11(2)46-32)50-30-26(42)21(37)16(34)9-44-30/h3-8,10-11,16,19-21,23-24,26-27,29-37,39-43H,9H2,1-2H3/t10-,11-,16+,19-,20-,21-,23+,24+,26+,27+,29+,30?,31?,32?/m0/s1. The largest absolute Gasteiger partial charge is 0.507 e. The summed E-state index contributed by atoms with van der Waals surface area (Å²) in [5.74, 6) is -1.79. The zero-order chi connectivity index (χ0) is 36.2. The number of aromatic hydroxyl groups is 2. The van der Waals surface area contributed by atoms with Gasteiger partial charge in [0.1, 0.15) is 77.0 Å². The summed E-state index contributed by atoms with van der Waals surface area (Å²) in [5, 5.41) is 103. The summed E-state index contributed by atoms with van der Waals surface area (Å²) in [4.78, 5) is 13.1. The summed E-state index contributed by atoms with van der Waals surface area (Å²) in [6, 6.07) is 7.82. The van der Waals surface area contributed by atoms with Crippen LogP contribution in [0.4, 0.5) is 0 Å². The van der Waals surface area contributed by atoms with Crippen LogP contribution in [-0.4, -0.2) is 144 Å².